The zero-order valence-corrected chi connectivity index (χ0v) is 19.8. The Labute approximate surface area is 187 Å². The Bertz CT molecular complexity index is 725. The van der Waals surface area contributed by atoms with Gasteiger partial charge in [-0.1, -0.05) is 13.3 Å². The molecule has 4 N–H and O–H groups in total. The number of carbonyl (C=O) groups is 1. The first-order chi connectivity index (χ1) is 14.9. The lowest BCUT2D eigenvalue weighted by molar-refractivity contribution is -0.124. The number of nitrogens with zero attached hydrogens (tertiary/aromatic N) is 2. The van der Waals surface area contributed by atoms with Gasteiger partial charge in [0.2, 0.25) is 15.9 Å². The molecule has 6 unspecified atom stereocenters. The smallest absolute Gasteiger partial charge is 0.237 e. The van der Waals surface area contributed by atoms with Crippen LogP contribution < -0.4 is 16.4 Å². The average Bonchev–Trinajstić information content (AvgIpc) is 3.20. The molecule has 4 aliphatic rings. The van der Waals surface area contributed by atoms with E-state index in [0.29, 0.717) is 37.0 Å². The molecule has 0 aromatic heterocycles. The standard InChI is InChI=1S/C22H41N5O3S/c1-16-4-2-5-17-14-20(25-21(16)17)22(28)24-18-6-3-7-19(15-18)26-9-11-27(12-10-26)31(29,30)13-8-23/h16-21,25H,2-15,23H2,1H3,(H,24,28). The van der Waals surface area contributed by atoms with Gasteiger partial charge in [-0.3, -0.25) is 9.69 Å². The quantitative estimate of drug-likeness (QED) is 0.538. The fraction of sp³-hybridized carbons (Fsp3) is 0.955. The van der Waals surface area contributed by atoms with Crippen LogP contribution in [0.1, 0.15) is 58.3 Å². The monoisotopic (exact) mass is 455 g/mol. The van der Waals surface area contributed by atoms with E-state index in [1.54, 1.807) is 4.31 Å². The molecule has 6 atom stereocenters. The summed E-state index contributed by atoms with van der Waals surface area (Å²) in [7, 11) is -3.22. The van der Waals surface area contributed by atoms with E-state index in [1.807, 2.05) is 0 Å². The van der Waals surface area contributed by atoms with Gasteiger partial charge in [0.15, 0.2) is 0 Å². The number of amides is 1. The number of sulfonamides is 1. The highest BCUT2D eigenvalue weighted by molar-refractivity contribution is 7.89. The van der Waals surface area contributed by atoms with Crippen LogP contribution in [-0.2, 0) is 14.8 Å². The highest BCUT2D eigenvalue weighted by atomic mass is 32.2. The third kappa shape index (κ3) is 5.43. The van der Waals surface area contributed by atoms with Crippen LogP contribution in [0.4, 0.5) is 0 Å². The molecule has 4 rings (SSSR count). The topological polar surface area (TPSA) is 108 Å². The molecule has 2 aliphatic heterocycles. The minimum absolute atomic E-state index is 0.0280. The molecule has 4 fully saturated rings. The van der Waals surface area contributed by atoms with Crippen molar-refractivity contribution in [1.29, 1.82) is 0 Å². The number of rotatable bonds is 6. The third-order valence-corrected chi connectivity index (χ3v) is 10.1. The summed E-state index contributed by atoms with van der Waals surface area (Å²) >= 11 is 0. The second kappa shape index (κ2) is 10.0. The first-order valence-corrected chi connectivity index (χ1v) is 14.0. The first kappa shape index (κ1) is 23.4. The molecule has 8 nitrogen and oxygen atoms in total. The maximum absolute atomic E-state index is 13.0. The molecular formula is C22H41N5O3S. The molecule has 1 amide bonds. The molecule has 0 aromatic rings. The fourth-order valence-corrected chi connectivity index (χ4v) is 7.71. The largest absolute Gasteiger partial charge is 0.352 e. The van der Waals surface area contributed by atoms with Crippen LogP contribution in [0.3, 0.4) is 0 Å². The van der Waals surface area contributed by atoms with E-state index in [-0.39, 0.29) is 30.3 Å². The molecule has 0 bridgehead atoms. The Kier molecular flexibility index (Phi) is 7.58. The van der Waals surface area contributed by atoms with Crippen molar-refractivity contribution in [1.82, 2.24) is 19.8 Å². The van der Waals surface area contributed by atoms with Crippen LogP contribution in [0.2, 0.25) is 0 Å². The van der Waals surface area contributed by atoms with Crippen LogP contribution in [0.15, 0.2) is 0 Å². The Morgan fingerprint density at radius 2 is 1.81 bits per heavy atom. The van der Waals surface area contributed by atoms with Crippen LogP contribution in [0, 0.1) is 11.8 Å². The van der Waals surface area contributed by atoms with Crippen molar-refractivity contribution in [2.45, 2.75) is 82.5 Å². The number of hydrogen-bond acceptors (Lipinski definition) is 6. The van der Waals surface area contributed by atoms with Crippen molar-refractivity contribution in [3.63, 3.8) is 0 Å². The van der Waals surface area contributed by atoms with Crippen LogP contribution in [-0.4, -0.2) is 86.2 Å². The molecule has 0 spiro atoms. The minimum Gasteiger partial charge on any atom is -0.352 e. The number of carbonyl (C=O) groups excluding carboxylic acids is 1. The summed E-state index contributed by atoms with van der Waals surface area (Å²) in [5.41, 5.74) is 5.45. The summed E-state index contributed by atoms with van der Waals surface area (Å²) in [6, 6.07) is 1.13. The lowest BCUT2D eigenvalue weighted by Gasteiger charge is -2.42. The second-order valence-corrected chi connectivity index (χ2v) is 12.3. The summed E-state index contributed by atoms with van der Waals surface area (Å²) in [6.45, 7) is 5.10. The van der Waals surface area contributed by atoms with E-state index in [9.17, 15) is 13.2 Å². The molecule has 2 saturated heterocycles. The Morgan fingerprint density at radius 1 is 1.06 bits per heavy atom. The maximum Gasteiger partial charge on any atom is 0.237 e. The van der Waals surface area contributed by atoms with Gasteiger partial charge in [-0.05, 0) is 56.8 Å². The number of nitrogens with one attached hydrogen (secondary N) is 2. The van der Waals surface area contributed by atoms with Gasteiger partial charge in [0, 0.05) is 50.8 Å². The molecule has 2 saturated carbocycles. The van der Waals surface area contributed by atoms with Crippen LogP contribution in [0.5, 0.6) is 0 Å². The predicted molar refractivity (Wildman–Crippen MR) is 122 cm³/mol. The van der Waals surface area contributed by atoms with Gasteiger partial charge in [-0.2, -0.15) is 4.31 Å². The lowest BCUT2D eigenvalue weighted by Crippen LogP contribution is -2.55. The lowest BCUT2D eigenvalue weighted by atomic mass is 9.78. The minimum atomic E-state index is -3.22. The molecule has 0 aromatic carbocycles. The highest BCUT2D eigenvalue weighted by Gasteiger charge is 2.42. The molecule has 178 valence electrons. The van der Waals surface area contributed by atoms with Crippen molar-refractivity contribution in [2.24, 2.45) is 17.6 Å². The van der Waals surface area contributed by atoms with E-state index >= 15 is 0 Å². The van der Waals surface area contributed by atoms with Gasteiger partial charge >= 0.3 is 0 Å². The Morgan fingerprint density at radius 3 is 2.52 bits per heavy atom. The van der Waals surface area contributed by atoms with Crippen molar-refractivity contribution < 1.29 is 13.2 Å². The summed E-state index contributed by atoms with van der Waals surface area (Å²) < 4.78 is 26.1. The number of nitrogens with two attached hydrogens (primary N) is 1. The molecular weight excluding hydrogens is 414 g/mol. The number of hydrogen-bond donors (Lipinski definition) is 3. The van der Waals surface area contributed by atoms with Gasteiger partial charge in [-0.15, -0.1) is 0 Å². The molecule has 2 aliphatic carbocycles. The van der Waals surface area contributed by atoms with Crippen molar-refractivity contribution in [3.05, 3.63) is 0 Å². The maximum atomic E-state index is 13.0. The zero-order chi connectivity index (χ0) is 22.0. The Hall–Kier alpha value is -0.740. The second-order valence-electron chi connectivity index (χ2n) is 10.2. The van der Waals surface area contributed by atoms with Gasteiger partial charge in [0.1, 0.15) is 0 Å². The number of piperazine rings is 1. The van der Waals surface area contributed by atoms with Crippen LogP contribution in [0.25, 0.3) is 0 Å². The molecule has 31 heavy (non-hydrogen) atoms. The first-order valence-electron chi connectivity index (χ1n) is 12.4. The van der Waals surface area contributed by atoms with E-state index in [0.717, 1.165) is 45.2 Å². The van der Waals surface area contributed by atoms with Gasteiger partial charge in [0.05, 0.1) is 11.8 Å². The SMILES string of the molecule is CC1CCCC2CC(C(=O)NC3CCCC(N4CCN(S(=O)(=O)CCN)CC4)C3)NC12. The summed E-state index contributed by atoms with van der Waals surface area (Å²) in [6.07, 6.45) is 9.06. The zero-order valence-electron chi connectivity index (χ0n) is 19.0. The highest BCUT2D eigenvalue weighted by Crippen LogP contribution is 2.37. The van der Waals surface area contributed by atoms with E-state index in [2.05, 4.69) is 22.5 Å². The van der Waals surface area contributed by atoms with Crippen LogP contribution >= 0.6 is 0 Å². The van der Waals surface area contributed by atoms with Crippen molar-refractivity contribution >= 4 is 15.9 Å². The predicted octanol–water partition coefficient (Wildman–Crippen LogP) is 0.487. The molecule has 0 radical (unpaired) electrons. The normalized spacial score (nSPS) is 38.0. The van der Waals surface area contributed by atoms with E-state index in [1.165, 1.54) is 19.3 Å². The van der Waals surface area contributed by atoms with Crippen molar-refractivity contribution in [2.75, 3.05) is 38.5 Å². The average molecular weight is 456 g/mol. The number of fused-ring (bicyclic) bond motifs is 1. The van der Waals surface area contributed by atoms with Gasteiger partial charge in [0.25, 0.3) is 0 Å². The summed E-state index contributed by atoms with van der Waals surface area (Å²) in [5.74, 6) is 1.54. The summed E-state index contributed by atoms with van der Waals surface area (Å²) in [5, 5.41) is 7.00. The fourth-order valence-electron chi connectivity index (χ4n) is 6.43. The Balaban J connectivity index is 1.25. The van der Waals surface area contributed by atoms with E-state index in [4.69, 9.17) is 5.73 Å². The molecule has 2 heterocycles. The van der Waals surface area contributed by atoms with Gasteiger partial charge < -0.3 is 16.4 Å². The van der Waals surface area contributed by atoms with Crippen molar-refractivity contribution in [3.8, 4) is 0 Å². The third-order valence-electron chi connectivity index (χ3n) is 8.16. The van der Waals surface area contributed by atoms with E-state index < -0.39 is 10.0 Å². The summed E-state index contributed by atoms with van der Waals surface area (Å²) in [4.78, 5) is 15.4. The molecule has 9 heteroatoms. The van der Waals surface area contributed by atoms with Gasteiger partial charge in [-0.25, -0.2) is 8.42 Å².